The second-order valence-electron chi connectivity index (χ2n) is 6.39. The molecule has 0 bridgehead atoms. The standard InChI is InChI=1S/C17H24BrN3O5/c1-3-21(17(24)25)10-15(22)19-11-4-6-12(7-5-11)26-14-8-16(23)20(2)9-13(14)18/h8-9,11-12H,3-7,10H2,1-2H3,(H,19,22)(H,24,25). The first-order valence-corrected chi connectivity index (χ1v) is 9.39. The number of carbonyl (C=O) groups is 2. The maximum Gasteiger partial charge on any atom is 0.407 e. The van der Waals surface area contributed by atoms with E-state index in [1.807, 2.05) is 0 Å². The largest absolute Gasteiger partial charge is 0.489 e. The summed E-state index contributed by atoms with van der Waals surface area (Å²) in [5.74, 6) is 0.244. The molecule has 9 heteroatoms. The van der Waals surface area contributed by atoms with E-state index in [0.717, 1.165) is 35.1 Å². The van der Waals surface area contributed by atoms with E-state index in [1.165, 1.54) is 10.6 Å². The Morgan fingerprint density at radius 2 is 2.04 bits per heavy atom. The summed E-state index contributed by atoms with van der Waals surface area (Å²) in [6, 6.07) is 1.48. The van der Waals surface area contributed by atoms with Gasteiger partial charge in [0.05, 0.1) is 10.6 Å². The number of amides is 2. The molecule has 2 amide bonds. The van der Waals surface area contributed by atoms with Crippen molar-refractivity contribution in [1.29, 1.82) is 0 Å². The average Bonchev–Trinajstić information content (AvgIpc) is 2.59. The maximum absolute atomic E-state index is 12.0. The van der Waals surface area contributed by atoms with Gasteiger partial charge >= 0.3 is 6.09 Å². The van der Waals surface area contributed by atoms with Crippen LogP contribution < -0.4 is 15.6 Å². The fourth-order valence-electron chi connectivity index (χ4n) is 2.94. The summed E-state index contributed by atoms with van der Waals surface area (Å²) < 4.78 is 8.13. The third kappa shape index (κ3) is 5.48. The number of rotatable bonds is 6. The Kier molecular flexibility index (Phi) is 7.07. The summed E-state index contributed by atoms with van der Waals surface area (Å²) in [6.07, 6.45) is 3.56. The number of aromatic nitrogens is 1. The molecule has 26 heavy (non-hydrogen) atoms. The molecule has 2 N–H and O–H groups in total. The highest BCUT2D eigenvalue weighted by Gasteiger charge is 2.25. The van der Waals surface area contributed by atoms with Crippen molar-refractivity contribution in [2.45, 2.75) is 44.8 Å². The van der Waals surface area contributed by atoms with Crippen molar-refractivity contribution in [3.05, 3.63) is 27.1 Å². The number of hydrogen-bond acceptors (Lipinski definition) is 4. The van der Waals surface area contributed by atoms with Crippen molar-refractivity contribution < 1.29 is 19.4 Å². The van der Waals surface area contributed by atoms with E-state index >= 15 is 0 Å². The second-order valence-corrected chi connectivity index (χ2v) is 7.24. The van der Waals surface area contributed by atoms with Gasteiger partial charge in [-0.1, -0.05) is 0 Å². The summed E-state index contributed by atoms with van der Waals surface area (Å²) in [6.45, 7) is 1.82. The van der Waals surface area contributed by atoms with E-state index < -0.39 is 6.09 Å². The van der Waals surface area contributed by atoms with Gasteiger partial charge in [0.25, 0.3) is 5.56 Å². The van der Waals surface area contributed by atoms with Gasteiger partial charge in [0.1, 0.15) is 12.3 Å². The number of hydrogen-bond donors (Lipinski definition) is 2. The summed E-state index contributed by atoms with van der Waals surface area (Å²) >= 11 is 3.40. The smallest absolute Gasteiger partial charge is 0.407 e. The molecule has 0 saturated heterocycles. The number of carboxylic acid groups (broad SMARTS) is 1. The van der Waals surface area contributed by atoms with E-state index in [9.17, 15) is 14.4 Å². The fraction of sp³-hybridized carbons (Fsp3) is 0.588. The van der Waals surface area contributed by atoms with Crippen LogP contribution in [0.15, 0.2) is 21.5 Å². The normalized spacial score (nSPS) is 19.7. The van der Waals surface area contributed by atoms with Gasteiger partial charge in [-0.25, -0.2) is 4.79 Å². The van der Waals surface area contributed by atoms with E-state index in [-0.39, 0.29) is 36.7 Å². The number of nitrogens with zero attached hydrogens (tertiary/aromatic N) is 2. The average molecular weight is 430 g/mol. The lowest BCUT2D eigenvalue weighted by molar-refractivity contribution is -0.122. The maximum atomic E-state index is 12.0. The molecule has 1 aromatic heterocycles. The zero-order valence-electron chi connectivity index (χ0n) is 14.9. The molecule has 1 aromatic rings. The number of halogens is 1. The molecule has 0 aliphatic heterocycles. The number of ether oxygens (including phenoxy) is 1. The lowest BCUT2D eigenvalue weighted by atomic mass is 9.93. The van der Waals surface area contributed by atoms with Crippen molar-refractivity contribution in [2.24, 2.45) is 7.05 Å². The first-order chi connectivity index (χ1) is 12.3. The molecule has 1 aliphatic rings. The lowest BCUT2D eigenvalue weighted by Crippen LogP contribution is -2.45. The Hall–Kier alpha value is -2.03. The Morgan fingerprint density at radius 3 is 2.62 bits per heavy atom. The molecular formula is C17H24BrN3O5. The SMILES string of the molecule is CCN(CC(=O)NC1CCC(Oc2cc(=O)n(C)cc2Br)CC1)C(=O)O. The molecule has 1 aliphatic carbocycles. The van der Waals surface area contributed by atoms with Gasteiger partial charge in [-0.05, 0) is 48.5 Å². The van der Waals surface area contributed by atoms with Gasteiger partial charge in [0.2, 0.25) is 5.91 Å². The number of nitrogens with one attached hydrogen (secondary N) is 1. The van der Waals surface area contributed by atoms with Crippen LogP contribution in [0.4, 0.5) is 4.79 Å². The monoisotopic (exact) mass is 429 g/mol. The predicted octanol–water partition coefficient (Wildman–Crippen LogP) is 1.95. The number of likely N-dealkylation sites (N-methyl/N-ethyl adjacent to an activating group) is 1. The highest BCUT2D eigenvalue weighted by atomic mass is 79.9. The van der Waals surface area contributed by atoms with Crippen LogP contribution in [-0.2, 0) is 11.8 Å². The highest BCUT2D eigenvalue weighted by molar-refractivity contribution is 9.10. The third-order valence-electron chi connectivity index (χ3n) is 4.46. The molecule has 1 fully saturated rings. The number of carbonyl (C=O) groups excluding carboxylic acids is 1. The summed E-state index contributed by atoms with van der Waals surface area (Å²) in [5, 5.41) is 11.9. The van der Waals surface area contributed by atoms with E-state index in [4.69, 9.17) is 9.84 Å². The Morgan fingerprint density at radius 1 is 1.38 bits per heavy atom. The molecule has 2 rings (SSSR count). The lowest BCUT2D eigenvalue weighted by Gasteiger charge is -2.30. The van der Waals surface area contributed by atoms with Gasteiger partial charge in [0.15, 0.2) is 0 Å². The quantitative estimate of drug-likeness (QED) is 0.719. The summed E-state index contributed by atoms with van der Waals surface area (Å²) in [7, 11) is 1.68. The van der Waals surface area contributed by atoms with Crippen LogP contribution in [-0.4, -0.2) is 51.8 Å². The molecular weight excluding hydrogens is 406 g/mol. The Bertz CT molecular complexity index is 713. The minimum atomic E-state index is -1.10. The van der Waals surface area contributed by atoms with Crippen molar-refractivity contribution >= 4 is 27.9 Å². The Balaban J connectivity index is 1.82. The van der Waals surface area contributed by atoms with Crippen LogP contribution in [0.3, 0.4) is 0 Å². The molecule has 0 atom stereocenters. The molecule has 1 heterocycles. The first kappa shape index (κ1) is 20.3. The third-order valence-corrected chi connectivity index (χ3v) is 5.06. The number of pyridine rings is 1. The van der Waals surface area contributed by atoms with Crippen LogP contribution >= 0.6 is 15.9 Å². The van der Waals surface area contributed by atoms with Crippen LogP contribution in [0.5, 0.6) is 5.75 Å². The van der Waals surface area contributed by atoms with Crippen molar-refractivity contribution in [2.75, 3.05) is 13.1 Å². The van der Waals surface area contributed by atoms with Gasteiger partial charge in [0, 0.05) is 31.9 Å². The minimum absolute atomic E-state index is 0.0157. The zero-order valence-corrected chi connectivity index (χ0v) is 16.5. The summed E-state index contributed by atoms with van der Waals surface area (Å²) in [5.41, 5.74) is -0.136. The molecule has 0 spiro atoms. The van der Waals surface area contributed by atoms with Crippen LogP contribution in [0.25, 0.3) is 0 Å². The molecule has 1 saturated carbocycles. The van der Waals surface area contributed by atoms with E-state index in [1.54, 1.807) is 20.2 Å². The van der Waals surface area contributed by atoms with Crippen molar-refractivity contribution in [3.8, 4) is 5.75 Å². The van der Waals surface area contributed by atoms with Crippen LogP contribution in [0.1, 0.15) is 32.6 Å². The van der Waals surface area contributed by atoms with Gasteiger partial charge < -0.3 is 19.7 Å². The first-order valence-electron chi connectivity index (χ1n) is 8.60. The topological polar surface area (TPSA) is 101 Å². The molecule has 0 aromatic carbocycles. The minimum Gasteiger partial charge on any atom is -0.489 e. The summed E-state index contributed by atoms with van der Waals surface area (Å²) in [4.78, 5) is 35.7. The molecule has 144 valence electrons. The van der Waals surface area contributed by atoms with E-state index in [0.29, 0.717) is 5.75 Å². The van der Waals surface area contributed by atoms with Crippen LogP contribution in [0.2, 0.25) is 0 Å². The van der Waals surface area contributed by atoms with Gasteiger partial charge in [-0.15, -0.1) is 0 Å². The zero-order chi connectivity index (χ0) is 19.3. The van der Waals surface area contributed by atoms with Crippen LogP contribution in [0, 0.1) is 0 Å². The molecule has 0 radical (unpaired) electrons. The van der Waals surface area contributed by atoms with Gasteiger partial charge in [-0.2, -0.15) is 0 Å². The Labute approximate surface area is 160 Å². The van der Waals surface area contributed by atoms with Gasteiger partial charge in [-0.3, -0.25) is 14.5 Å². The molecule has 0 unspecified atom stereocenters. The molecule has 8 nitrogen and oxygen atoms in total. The fourth-order valence-corrected chi connectivity index (χ4v) is 3.45. The highest BCUT2D eigenvalue weighted by Crippen LogP contribution is 2.28. The number of aryl methyl sites for hydroxylation is 1. The van der Waals surface area contributed by atoms with Crippen molar-refractivity contribution in [1.82, 2.24) is 14.8 Å². The predicted molar refractivity (Wildman–Crippen MR) is 99.5 cm³/mol. The van der Waals surface area contributed by atoms with Crippen molar-refractivity contribution in [3.63, 3.8) is 0 Å². The second kappa shape index (κ2) is 9.07. The van der Waals surface area contributed by atoms with E-state index in [2.05, 4.69) is 21.2 Å².